The summed E-state index contributed by atoms with van der Waals surface area (Å²) >= 11 is 0. The van der Waals surface area contributed by atoms with E-state index in [0.717, 1.165) is 12.2 Å². The van der Waals surface area contributed by atoms with E-state index in [2.05, 4.69) is 28.9 Å². The number of piperidine rings is 1. The van der Waals surface area contributed by atoms with Crippen LogP contribution in [0.4, 0.5) is 5.69 Å². The van der Waals surface area contributed by atoms with Gasteiger partial charge in [-0.15, -0.1) is 0 Å². The van der Waals surface area contributed by atoms with Gasteiger partial charge < -0.3 is 10.6 Å². The van der Waals surface area contributed by atoms with Gasteiger partial charge in [0.15, 0.2) is 0 Å². The molecule has 1 unspecified atom stereocenters. The molecular weight excluding hydrogens is 186 g/mol. The molecule has 0 aromatic carbocycles. The van der Waals surface area contributed by atoms with Crippen molar-refractivity contribution in [3.8, 4) is 0 Å². The van der Waals surface area contributed by atoms with Crippen LogP contribution in [-0.4, -0.2) is 17.6 Å². The maximum atomic E-state index is 5.60. The van der Waals surface area contributed by atoms with E-state index < -0.39 is 0 Å². The predicted octanol–water partition coefficient (Wildman–Crippen LogP) is 1.92. The SMILES string of the molecule is CC1CCCCN1c1ccnc(CN)c1. The number of nitrogens with zero attached hydrogens (tertiary/aromatic N) is 2. The third kappa shape index (κ3) is 2.29. The Morgan fingerprint density at radius 1 is 1.53 bits per heavy atom. The van der Waals surface area contributed by atoms with E-state index in [1.54, 1.807) is 0 Å². The molecule has 0 radical (unpaired) electrons. The van der Waals surface area contributed by atoms with E-state index >= 15 is 0 Å². The topological polar surface area (TPSA) is 42.2 Å². The lowest BCUT2D eigenvalue weighted by Gasteiger charge is -2.35. The van der Waals surface area contributed by atoms with Crippen molar-refractivity contribution >= 4 is 5.69 Å². The number of nitrogens with two attached hydrogens (primary N) is 1. The van der Waals surface area contributed by atoms with Gasteiger partial charge in [-0.1, -0.05) is 0 Å². The van der Waals surface area contributed by atoms with Crippen molar-refractivity contribution in [3.63, 3.8) is 0 Å². The quantitative estimate of drug-likeness (QED) is 0.802. The first-order valence-corrected chi connectivity index (χ1v) is 5.73. The lowest BCUT2D eigenvalue weighted by atomic mass is 10.0. The summed E-state index contributed by atoms with van der Waals surface area (Å²) in [6, 6.07) is 4.84. The molecule has 2 N–H and O–H groups in total. The van der Waals surface area contributed by atoms with Crippen LogP contribution in [0.5, 0.6) is 0 Å². The first kappa shape index (κ1) is 10.4. The Kier molecular flexibility index (Phi) is 3.21. The van der Waals surface area contributed by atoms with Crippen molar-refractivity contribution in [2.24, 2.45) is 5.73 Å². The number of aromatic nitrogens is 1. The van der Waals surface area contributed by atoms with Gasteiger partial charge in [0.1, 0.15) is 0 Å². The minimum Gasteiger partial charge on any atom is -0.369 e. The Balaban J connectivity index is 2.19. The van der Waals surface area contributed by atoms with E-state index in [1.807, 2.05) is 6.20 Å². The van der Waals surface area contributed by atoms with Crippen LogP contribution in [0.2, 0.25) is 0 Å². The highest BCUT2D eigenvalue weighted by Gasteiger charge is 2.18. The fraction of sp³-hybridized carbons (Fsp3) is 0.583. The van der Waals surface area contributed by atoms with Crippen LogP contribution in [0.3, 0.4) is 0 Å². The highest BCUT2D eigenvalue weighted by Crippen LogP contribution is 2.24. The van der Waals surface area contributed by atoms with E-state index in [1.165, 1.54) is 24.9 Å². The van der Waals surface area contributed by atoms with Crippen LogP contribution in [0.25, 0.3) is 0 Å². The minimum atomic E-state index is 0.524. The summed E-state index contributed by atoms with van der Waals surface area (Å²) in [7, 11) is 0. The Morgan fingerprint density at radius 3 is 3.13 bits per heavy atom. The third-order valence-electron chi connectivity index (χ3n) is 3.14. The second-order valence-electron chi connectivity index (χ2n) is 4.25. The van der Waals surface area contributed by atoms with Crippen molar-refractivity contribution in [1.82, 2.24) is 4.98 Å². The molecule has 1 fully saturated rings. The van der Waals surface area contributed by atoms with E-state index in [4.69, 9.17) is 5.73 Å². The first-order chi connectivity index (χ1) is 7.31. The number of hydrogen-bond donors (Lipinski definition) is 1. The maximum Gasteiger partial charge on any atom is 0.0560 e. The predicted molar refractivity (Wildman–Crippen MR) is 62.8 cm³/mol. The highest BCUT2D eigenvalue weighted by molar-refractivity contribution is 5.47. The van der Waals surface area contributed by atoms with E-state index in [9.17, 15) is 0 Å². The van der Waals surface area contributed by atoms with E-state index in [-0.39, 0.29) is 0 Å². The smallest absolute Gasteiger partial charge is 0.0560 e. The summed E-state index contributed by atoms with van der Waals surface area (Å²) in [4.78, 5) is 6.69. The summed E-state index contributed by atoms with van der Waals surface area (Å²) < 4.78 is 0. The molecule has 82 valence electrons. The summed E-state index contributed by atoms with van der Waals surface area (Å²) in [6.45, 7) is 3.98. The van der Waals surface area contributed by atoms with Crippen LogP contribution in [0, 0.1) is 0 Å². The molecule has 0 bridgehead atoms. The monoisotopic (exact) mass is 205 g/mol. The zero-order valence-corrected chi connectivity index (χ0v) is 9.32. The molecule has 1 saturated heterocycles. The van der Waals surface area contributed by atoms with Gasteiger partial charge in [-0.2, -0.15) is 0 Å². The molecule has 1 aromatic rings. The standard InChI is InChI=1S/C12H19N3/c1-10-4-2-3-7-15(10)12-5-6-14-11(8-12)9-13/h5-6,8,10H,2-4,7,9,13H2,1H3. The van der Waals surface area contributed by atoms with Crippen molar-refractivity contribution in [3.05, 3.63) is 24.0 Å². The summed E-state index contributed by atoms with van der Waals surface area (Å²) in [6.07, 6.45) is 5.80. The first-order valence-electron chi connectivity index (χ1n) is 5.73. The molecule has 3 heteroatoms. The van der Waals surface area contributed by atoms with Gasteiger partial charge >= 0.3 is 0 Å². The third-order valence-corrected chi connectivity index (χ3v) is 3.14. The lowest BCUT2D eigenvalue weighted by molar-refractivity contribution is 0.484. The van der Waals surface area contributed by atoms with Crippen molar-refractivity contribution in [2.75, 3.05) is 11.4 Å². The molecule has 0 aliphatic carbocycles. The maximum absolute atomic E-state index is 5.60. The molecule has 2 heterocycles. The zero-order valence-electron chi connectivity index (χ0n) is 9.32. The van der Waals surface area contributed by atoms with Gasteiger partial charge in [-0.3, -0.25) is 4.98 Å². The second kappa shape index (κ2) is 4.62. The zero-order chi connectivity index (χ0) is 10.7. The van der Waals surface area contributed by atoms with Gasteiger partial charge in [-0.25, -0.2) is 0 Å². The van der Waals surface area contributed by atoms with Gasteiger partial charge in [-0.05, 0) is 38.3 Å². The molecule has 1 atom stereocenters. The van der Waals surface area contributed by atoms with Crippen LogP contribution in [0.15, 0.2) is 18.3 Å². The number of anilines is 1. The minimum absolute atomic E-state index is 0.524. The lowest BCUT2D eigenvalue weighted by Crippen LogP contribution is -2.37. The number of hydrogen-bond acceptors (Lipinski definition) is 3. The van der Waals surface area contributed by atoms with Gasteiger partial charge in [0.25, 0.3) is 0 Å². The van der Waals surface area contributed by atoms with Crippen LogP contribution < -0.4 is 10.6 Å². The molecule has 15 heavy (non-hydrogen) atoms. The molecule has 1 aliphatic heterocycles. The molecule has 1 aromatic heterocycles. The Morgan fingerprint density at radius 2 is 2.40 bits per heavy atom. The molecular formula is C12H19N3. The molecule has 1 aliphatic rings. The Hall–Kier alpha value is -1.09. The average molecular weight is 205 g/mol. The largest absolute Gasteiger partial charge is 0.369 e. The molecule has 2 rings (SSSR count). The number of pyridine rings is 1. The summed E-state index contributed by atoms with van der Waals surface area (Å²) in [5.74, 6) is 0. The number of rotatable bonds is 2. The fourth-order valence-electron chi connectivity index (χ4n) is 2.24. The molecule has 0 saturated carbocycles. The van der Waals surface area contributed by atoms with Crippen LogP contribution in [0.1, 0.15) is 31.9 Å². The molecule has 0 amide bonds. The van der Waals surface area contributed by atoms with Crippen molar-refractivity contribution in [2.45, 2.75) is 38.8 Å². The van der Waals surface area contributed by atoms with Gasteiger partial charge in [0.05, 0.1) is 5.69 Å². The molecule has 0 spiro atoms. The van der Waals surface area contributed by atoms with E-state index in [0.29, 0.717) is 12.6 Å². The van der Waals surface area contributed by atoms with Crippen molar-refractivity contribution < 1.29 is 0 Å². The van der Waals surface area contributed by atoms with Gasteiger partial charge in [0.2, 0.25) is 0 Å². The van der Waals surface area contributed by atoms with Crippen molar-refractivity contribution in [1.29, 1.82) is 0 Å². The summed E-state index contributed by atoms with van der Waals surface area (Å²) in [5, 5.41) is 0. The fourth-order valence-corrected chi connectivity index (χ4v) is 2.24. The van der Waals surface area contributed by atoms with Gasteiger partial charge in [0, 0.05) is 31.0 Å². The normalized spacial score (nSPS) is 21.7. The Labute approximate surface area is 91.3 Å². The average Bonchev–Trinajstić information content (AvgIpc) is 2.30. The van der Waals surface area contributed by atoms with Crippen LogP contribution in [-0.2, 0) is 6.54 Å². The summed E-state index contributed by atoms with van der Waals surface area (Å²) in [5.41, 5.74) is 7.85. The highest BCUT2D eigenvalue weighted by atomic mass is 15.2. The van der Waals surface area contributed by atoms with Crippen LogP contribution >= 0.6 is 0 Å². The molecule has 3 nitrogen and oxygen atoms in total. The Bertz CT molecular complexity index is 324. The second-order valence-corrected chi connectivity index (χ2v) is 4.25.